The van der Waals surface area contributed by atoms with Gasteiger partial charge >= 0.3 is 19.5 Å². The summed E-state index contributed by atoms with van der Waals surface area (Å²) >= 11 is 3.41. The Morgan fingerprint density at radius 3 is 1.43 bits per heavy atom. The van der Waals surface area contributed by atoms with E-state index in [0.717, 1.165) is 52.0 Å². The third kappa shape index (κ3) is 10.4. The van der Waals surface area contributed by atoms with E-state index in [1.165, 1.54) is 12.1 Å². The number of benzene rings is 4. The molecule has 0 aliphatic heterocycles. The van der Waals surface area contributed by atoms with Gasteiger partial charge in [-0.1, -0.05) is 75.5 Å². The average Bonchev–Trinajstić information content (AvgIpc) is 3.93. The number of H-pyrrole nitrogens is 2. The summed E-state index contributed by atoms with van der Waals surface area (Å²) in [7, 11) is -1.73. The van der Waals surface area contributed by atoms with Crippen LogP contribution in [0.25, 0.3) is 67.3 Å². The molecule has 12 nitrogen and oxygen atoms in total. The molecule has 6 aromatic heterocycles. The van der Waals surface area contributed by atoms with Gasteiger partial charge in [-0.15, -0.1) is 10.2 Å². The van der Waals surface area contributed by atoms with Crippen LogP contribution in [-0.2, 0) is 12.4 Å². The van der Waals surface area contributed by atoms with Crippen LogP contribution in [0.1, 0.15) is 37.1 Å². The molecule has 0 atom stereocenters. The number of nitrogens with one attached hydrogen (secondary N) is 2. The standard InChI is InChI=1S/C23H15F3N4O.C16H11BrN4O.C7H6BF3O2.2CH4/c1-13-20(27-18-5-3-2-4-17(18)21(13)31)22-28-19-11-8-15(12-30(19)29-22)14-6-9-16(10-7-14)23(24,25)26;1-9-14(18-12-5-3-2-4-11(12)15(9)22)16-19-13-7-6-10(17)8-21(13)20-16;9-7(10,11)5-1-3-6(4-2-5)8(12)13;;/h2-12H,1H3,(H,27,31);2-8H,1H3,(H,18,22);1-4,12-13H;2*1H4. The lowest BCUT2D eigenvalue weighted by Crippen LogP contribution is -2.29. The van der Waals surface area contributed by atoms with Crippen molar-refractivity contribution in [2.45, 2.75) is 41.1 Å². The van der Waals surface area contributed by atoms with E-state index in [1.807, 2.05) is 60.8 Å². The highest BCUT2D eigenvalue weighted by Gasteiger charge is 2.31. The summed E-state index contributed by atoms with van der Waals surface area (Å²) in [5, 5.41) is 27.4. The Morgan fingerprint density at radius 2 is 0.971 bits per heavy atom. The van der Waals surface area contributed by atoms with Crippen molar-refractivity contribution in [1.29, 1.82) is 0 Å². The molecular formula is C48H40BBrF6N8O4. The normalized spacial score (nSPS) is 11.3. The Hall–Kier alpha value is -7.42. The van der Waals surface area contributed by atoms with E-state index in [0.29, 0.717) is 67.2 Å². The molecule has 4 N–H and O–H groups in total. The molecule has 4 aromatic carbocycles. The predicted octanol–water partition coefficient (Wildman–Crippen LogP) is 10.2. The fourth-order valence-electron chi connectivity index (χ4n) is 6.93. The molecule has 0 saturated heterocycles. The van der Waals surface area contributed by atoms with Crippen molar-refractivity contribution in [3.8, 4) is 34.2 Å². The highest BCUT2D eigenvalue weighted by atomic mass is 79.9. The van der Waals surface area contributed by atoms with Gasteiger partial charge in [-0.05, 0) is 101 Å². The molecule has 0 bridgehead atoms. The number of fused-ring (bicyclic) bond motifs is 4. The number of rotatable bonds is 4. The monoisotopic (exact) mass is 996 g/mol. The van der Waals surface area contributed by atoms with E-state index < -0.39 is 30.6 Å². The third-order valence-corrected chi connectivity index (χ3v) is 10.9. The first-order chi connectivity index (χ1) is 31.3. The summed E-state index contributed by atoms with van der Waals surface area (Å²) in [4.78, 5) is 40.7. The zero-order valence-corrected chi connectivity index (χ0v) is 35.9. The van der Waals surface area contributed by atoms with Crippen LogP contribution in [0.5, 0.6) is 0 Å². The first kappa shape index (κ1) is 50.0. The van der Waals surface area contributed by atoms with E-state index in [9.17, 15) is 35.9 Å². The molecule has 0 amide bonds. The molecule has 0 unspecified atom stereocenters. The second-order valence-electron chi connectivity index (χ2n) is 14.8. The van der Waals surface area contributed by atoms with Gasteiger partial charge in [-0.2, -0.15) is 26.3 Å². The van der Waals surface area contributed by atoms with Crippen molar-refractivity contribution < 1.29 is 36.4 Å². The van der Waals surface area contributed by atoms with Gasteiger partial charge < -0.3 is 20.0 Å². The number of hydrogen-bond acceptors (Lipinski definition) is 8. The van der Waals surface area contributed by atoms with Gasteiger partial charge in [0.15, 0.2) is 33.8 Å². The van der Waals surface area contributed by atoms with E-state index in [1.54, 1.807) is 47.3 Å². The maximum absolute atomic E-state index is 12.8. The number of pyridine rings is 4. The quantitative estimate of drug-likeness (QED) is 0.0999. The summed E-state index contributed by atoms with van der Waals surface area (Å²) in [6.07, 6.45) is -5.24. The second-order valence-corrected chi connectivity index (χ2v) is 15.7. The van der Waals surface area contributed by atoms with Crippen LogP contribution >= 0.6 is 15.9 Å². The van der Waals surface area contributed by atoms with Crippen molar-refractivity contribution in [2.75, 3.05) is 0 Å². The van der Waals surface area contributed by atoms with Crippen molar-refractivity contribution in [2.24, 2.45) is 0 Å². The maximum atomic E-state index is 12.8. The summed E-state index contributed by atoms with van der Waals surface area (Å²) in [6.45, 7) is 3.52. The summed E-state index contributed by atoms with van der Waals surface area (Å²) in [5.41, 5.74) is 4.84. The number of aromatic nitrogens is 8. The Labute approximate surface area is 391 Å². The molecular weight excluding hydrogens is 957 g/mol. The minimum absolute atomic E-state index is 0. The maximum Gasteiger partial charge on any atom is 0.488 e. The van der Waals surface area contributed by atoms with Gasteiger partial charge in [0.05, 0.1) is 22.5 Å². The van der Waals surface area contributed by atoms with Gasteiger partial charge in [0.25, 0.3) is 0 Å². The topological polar surface area (TPSA) is 167 Å². The van der Waals surface area contributed by atoms with Crippen LogP contribution in [0.15, 0.2) is 148 Å². The second kappa shape index (κ2) is 19.8. The highest BCUT2D eigenvalue weighted by molar-refractivity contribution is 9.10. The van der Waals surface area contributed by atoms with Gasteiger partial charge in [0.1, 0.15) is 0 Å². The molecule has 0 saturated carbocycles. The van der Waals surface area contributed by atoms with Gasteiger partial charge in [-0.25, -0.2) is 19.0 Å². The Morgan fingerprint density at radius 1 is 0.559 bits per heavy atom. The lowest BCUT2D eigenvalue weighted by molar-refractivity contribution is -0.138. The molecule has 0 fully saturated rings. The average molecular weight is 998 g/mol. The molecule has 0 spiro atoms. The highest BCUT2D eigenvalue weighted by Crippen LogP contribution is 2.32. The lowest BCUT2D eigenvalue weighted by atomic mass is 9.80. The van der Waals surface area contributed by atoms with Crippen molar-refractivity contribution >= 4 is 61.6 Å². The molecule has 6 heterocycles. The van der Waals surface area contributed by atoms with E-state index in [2.05, 4.69) is 46.1 Å². The van der Waals surface area contributed by atoms with Crippen molar-refractivity contribution in [3.05, 3.63) is 181 Å². The SMILES string of the molecule is C.C.Cc1c(-c2nc3ccc(-c4ccc(C(F)(F)F)cc4)cn3n2)[nH]c2ccccc2c1=O.Cc1c(-c2nc3ccc(Br)cn3n2)[nH]c2ccccc2c1=O.OB(O)c1ccc(C(F)(F)F)cc1. The number of hydrogen-bond donors (Lipinski definition) is 4. The molecule has 20 heteroatoms. The predicted molar refractivity (Wildman–Crippen MR) is 255 cm³/mol. The number of nitrogens with zero attached hydrogens (tertiary/aromatic N) is 6. The van der Waals surface area contributed by atoms with Crippen LogP contribution in [0, 0.1) is 13.8 Å². The van der Waals surface area contributed by atoms with Crippen LogP contribution in [0.3, 0.4) is 0 Å². The van der Waals surface area contributed by atoms with Crippen molar-refractivity contribution in [1.82, 2.24) is 39.2 Å². The van der Waals surface area contributed by atoms with E-state index >= 15 is 0 Å². The third-order valence-electron chi connectivity index (χ3n) is 10.4. The van der Waals surface area contributed by atoms with Crippen LogP contribution in [0.2, 0.25) is 0 Å². The Kier molecular flexibility index (Phi) is 14.6. The molecule has 10 rings (SSSR count). The number of para-hydroxylation sites is 2. The van der Waals surface area contributed by atoms with Gasteiger partial charge in [-0.3, -0.25) is 9.59 Å². The molecule has 0 radical (unpaired) electrons. The molecule has 10 aromatic rings. The summed E-state index contributed by atoms with van der Waals surface area (Å²) in [5.74, 6) is 0.878. The van der Waals surface area contributed by atoms with Crippen LogP contribution in [0.4, 0.5) is 26.3 Å². The van der Waals surface area contributed by atoms with Crippen LogP contribution < -0.4 is 16.3 Å². The van der Waals surface area contributed by atoms with Crippen molar-refractivity contribution in [3.63, 3.8) is 0 Å². The lowest BCUT2D eigenvalue weighted by Gasteiger charge is -2.07. The summed E-state index contributed by atoms with van der Waals surface area (Å²) < 4.78 is 78.6. The number of aromatic amines is 2. The molecule has 0 aliphatic carbocycles. The zero-order chi connectivity index (χ0) is 47.1. The molecule has 348 valence electrons. The van der Waals surface area contributed by atoms with Gasteiger partial charge in [0, 0.05) is 55.4 Å². The molecule has 68 heavy (non-hydrogen) atoms. The Balaban J connectivity index is 0.000000180. The summed E-state index contributed by atoms with van der Waals surface area (Å²) in [6, 6.07) is 30.6. The number of halogens is 7. The van der Waals surface area contributed by atoms with Gasteiger partial charge in [0.2, 0.25) is 0 Å². The number of alkyl halides is 6. The first-order valence-electron chi connectivity index (χ1n) is 19.7. The fourth-order valence-corrected chi connectivity index (χ4v) is 7.26. The first-order valence-corrected chi connectivity index (χ1v) is 20.5. The molecule has 0 aliphatic rings. The minimum atomic E-state index is -4.39. The smallest absolute Gasteiger partial charge is 0.423 e. The zero-order valence-electron chi connectivity index (χ0n) is 34.3. The van der Waals surface area contributed by atoms with Crippen LogP contribution in [-0.4, -0.2) is 56.3 Å². The van der Waals surface area contributed by atoms with E-state index in [4.69, 9.17) is 10.0 Å². The van der Waals surface area contributed by atoms with E-state index in [-0.39, 0.29) is 31.2 Å². The fraction of sp³-hybridized carbons (Fsp3) is 0.125. The Bertz CT molecular complexity index is 3540. The minimum Gasteiger partial charge on any atom is -0.423 e. The largest absolute Gasteiger partial charge is 0.488 e.